The summed E-state index contributed by atoms with van der Waals surface area (Å²) in [5, 5.41) is 6.09. The number of rotatable bonds is 8. The number of nitrogens with one attached hydrogen (secondary N) is 2. The zero-order valence-electron chi connectivity index (χ0n) is 16.2. The van der Waals surface area contributed by atoms with Crippen LogP contribution in [-0.4, -0.2) is 38.3 Å². The third-order valence-electron chi connectivity index (χ3n) is 4.28. The van der Waals surface area contributed by atoms with Crippen molar-refractivity contribution in [2.75, 3.05) is 18.9 Å². The molecule has 0 saturated carbocycles. The number of hydrogen-bond donors (Lipinski definition) is 2. The smallest absolute Gasteiger partial charge is 0.255 e. The van der Waals surface area contributed by atoms with Crippen LogP contribution < -0.4 is 10.6 Å². The maximum atomic E-state index is 12.5. The van der Waals surface area contributed by atoms with Gasteiger partial charge < -0.3 is 10.6 Å². The maximum Gasteiger partial charge on any atom is 0.255 e. The Morgan fingerprint density at radius 2 is 1.78 bits per heavy atom. The van der Waals surface area contributed by atoms with Crippen molar-refractivity contribution < 1.29 is 13.2 Å². The highest BCUT2D eigenvalue weighted by Crippen LogP contribution is 2.18. The number of sulfonamides is 1. The summed E-state index contributed by atoms with van der Waals surface area (Å²) < 4.78 is 26.3. The maximum absolute atomic E-state index is 12.5. The molecule has 0 heterocycles. The van der Waals surface area contributed by atoms with Crippen molar-refractivity contribution in [3.8, 4) is 0 Å². The Balaban J connectivity index is 2.12. The quantitative estimate of drug-likeness (QED) is 0.727. The second kappa shape index (κ2) is 9.12. The Morgan fingerprint density at radius 3 is 2.37 bits per heavy atom. The number of carbonyl (C=O) groups excluding carboxylic acids is 1. The van der Waals surface area contributed by atoms with Gasteiger partial charge in [-0.3, -0.25) is 4.79 Å². The molecule has 0 atom stereocenters. The molecule has 1 amide bonds. The Labute approximate surface area is 161 Å². The lowest BCUT2D eigenvalue weighted by molar-refractivity contribution is 0.102. The number of nitrogens with zero attached hydrogens (tertiary/aromatic N) is 1. The number of amides is 1. The minimum absolute atomic E-state index is 0.146. The van der Waals surface area contributed by atoms with E-state index in [4.69, 9.17) is 0 Å². The molecule has 0 aliphatic carbocycles. The largest absolute Gasteiger partial charge is 0.322 e. The highest BCUT2D eigenvalue weighted by molar-refractivity contribution is 7.89. The first kappa shape index (κ1) is 21.1. The minimum atomic E-state index is -3.56. The predicted octanol–water partition coefficient (Wildman–Crippen LogP) is 3.08. The molecular formula is C20H27N3O3S. The fourth-order valence-electron chi connectivity index (χ4n) is 2.45. The van der Waals surface area contributed by atoms with Crippen LogP contribution in [-0.2, 0) is 16.6 Å². The van der Waals surface area contributed by atoms with E-state index in [2.05, 4.69) is 10.6 Å². The molecule has 0 saturated heterocycles. The fraction of sp³-hybridized carbons (Fsp3) is 0.350. The van der Waals surface area contributed by atoms with Gasteiger partial charge in [-0.25, -0.2) is 8.42 Å². The van der Waals surface area contributed by atoms with E-state index in [0.29, 0.717) is 11.3 Å². The average molecular weight is 390 g/mol. The van der Waals surface area contributed by atoms with E-state index in [1.165, 1.54) is 28.6 Å². The summed E-state index contributed by atoms with van der Waals surface area (Å²) in [5.41, 5.74) is 2.18. The predicted molar refractivity (Wildman–Crippen MR) is 108 cm³/mol. The molecule has 146 valence electrons. The molecule has 27 heavy (non-hydrogen) atoms. The third kappa shape index (κ3) is 5.38. The molecule has 0 unspecified atom stereocenters. The normalized spacial score (nSPS) is 11.8. The van der Waals surface area contributed by atoms with Crippen molar-refractivity contribution in [3.05, 3.63) is 59.7 Å². The number of carbonyl (C=O) groups is 1. The van der Waals surface area contributed by atoms with E-state index < -0.39 is 10.0 Å². The molecule has 0 fully saturated rings. The van der Waals surface area contributed by atoms with E-state index >= 15 is 0 Å². The Kier molecular flexibility index (Phi) is 7.12. The molecule has 0 aromatic heterocycles. The molecular weight excluding hydrogens is 362 g/mol. The van der Waals surface area contributed by atoms with Gasteiger partial charge in [0.2, 0.25) is 10.0 Å². The molecule has 0 aliphatic rings. The van der Waals surface area contributed by atoms with E-state index in [-0.39, 0.29) is 16.8 Å². The van der Waals surface area contributed by atoms with Crippen LogP contribution in [0.3, 0.4) is 0 Å². The van der Waals surface area contributed by atoms with Crippen LogP contribution in [0.1, 0.15) is 36.7 Å². The summed E-state index contributed by atoms with van der Waals surface area (Å²) in [7, 11) is -2.02. The van der Waals surface area contributed by atoms with Crippen LogP contribution in [0.5, 0.6) is 0 Å². The summed E-state index contributed by atoms with van der Waals surface area (Å²) in [6.07, 6.45) is 0. The first-order chi connectivity index (χ1) is 12.8. The molecule has 2 aromatic carbocycles. The lowest BCUT2D eigenvalue weighted by Crippen LogP contribution is -2.33. The lowest BCUT2D eigenvalue weighted by Gasteiger charge is -2.21. The molecule has 0 radical (unpaired) electrons. The van der Waals surface area contributed by atoms with Crippen LogP contribution >= 0.6 is 0 Å². The molecule has 0 spiro atoms. The van der Waals surface area contributed by atoms with Gasteiger partial charge in [0.05, 0.1) is 4.90 Å². The van der Waals surface area contributed by atoms with E-state index in [1.807, 2.05) is 45.0 Å². The third-order valence-corrected chi connectivity index (χ3v) is 6.33. The van der Waals surface area contributed by atoms with Gasteiger partial charge in [0.25, 0.3) is 5.91 Å². The van der Waals surface area contributed by atoms with Crippen molar-refractivity contribution in [1.29, 1.82) is 0 Å². The van der Waals surface area contributed by atoms with Crippen LogP contribution in [0.25, 0.3) is 0 Å². The fourth-order valence-corrected chi connectivity index (χ4v) is 3.82. The van der Waals surface area contributed by atoms with Crippen LogP contribution in [0.4, 0.5) is 5.69 Å². The van der Waals surface area contributed by atoms with Crippen LogP contribution in [0.15, 0.2) is 53.4 Å². The number of benzene rings is 2. The molecule has 2 rings (SSSR count). The molecule has 0 aliphatic heterocycles. The minimum Gasteiger partial charge on any atom is -0.322 e. The molecule has 6 nitrogen and oxygen atoms in total. The number of hydrogen-bond acceptors (Lipinski definition) is 4. The second-order valence-corrected chi connectivity index (χ2v) is 8.57. The second-order valence-electron chi connectivity index (χ2n) is 6.57. The SMILES string of the molecule is CCNCc1cccc(NC(=O)c2ccc(S(=O)(=O)N(C)C(C)C)cc2)c1. The molecule has 2 aromatic rings. The first-order valence-electron chi connectivity index (χ1n) is 8.94. The molecule has 7 heteroatoms. The summed E-state index contributed by atoms with van der Waals surface area (Å²) in [6.45, 7) is 7.26. The average Bonchev–Trinajstić information content (AvgIpc) is 2.66. The van der Waals surface area contributed by atoms with Crippen LogP contribution in [0.2, 0.25) is 0 Å². The van der Waals surface area contributed by atoms with Gasteiger partial charge in [-0.15, -0.1) is 0 Å². The first-order valence-corrected chi connectivity index (χ1v) is 10.4. The monoisotopic (exact) mass is 389 g/mol. The van der Waals surface area contributed by atoms with Crippen LogP contribution in [0, 0.1) is 0 Å². The van der Waals surface area contributed by atoms with E-state index in [0.717, 1.165) is 18.7 Å². The highest BCUT2D eigenvalue weighted by Gasteiger charge is 2.23. The van der Waals surface area contributed by atoms with E-state index in [1.54, 1.807) is 7.05 Å². The van der Waals surface area contributed by atoms with Crippen molar-refractivity contribution in [1.82, 2.24) is 9.62 Å². The van der Waals surface area contributed by atoms with Gasteiger partial charge >= 0.3 is 0 Å². The van der Waals surface area contributed by atoms with Gasteiger partial charge in [0.1, 0.15) is 0 Å². The summed E-state index contributed by atoms with van der Waals surface area (Å²) >= 11 is 0. The highest BCUT2D eigenvalue weighted by atomic mass is 32.2. The standard InChI is InChI=1S/C20H27N3O3S/c1-5-21-14-16-7-6-8-18(13-16)22-20(24)17-9-11-19(12-10-17)27(25,26)23(4)15(2)3/h6-13,15,21H,5,14H2,1-4H3,(H,22,24). The van der Waals surface area contributed by atoms with Gasteiger partial charge in [-0.05, 0) is 62.4 Å². The zero-order valence-corrected chi connectivity index (χ0v) is 17.0. The summed E-state index contributed by atoms with van der Waals surface area (Å²) in [6, 6.07) is 13.4. The Hall–Kier alpha value is -2.22. The number of anilines is 1. The van der Waals surface area contributed by atoms with Gasteiger partial charge in [0, 0.05) is 30.9 Å². The summed E-state index contributed by atoms with van der Waals surface area (Å²) in [4.78, 5) is 12.6. The molecule has 2 N–H and O–H groups in total. The van der Waals surface area contributed by atoms with Crippen molar-refractivity contribution in [2.45, 2.75) is 38.3 Å². The van der Waals surface area contributed by atoms with Crippen molar-refractivity contribution >= 4 is 21.6 Å². The zero-order chi connectivity index (χ0) is 20.0. The lowest BCUT2D eigenvalue weighted by atomic mass is 10.1. The Morgan fingerprint density at radius 1 is 1.11 bits per heavy atom. The topological polar surface area (TPSA) is 78.5 Å². The van der Waals surface area contributed by atoms with E-state index in [9.17, 15) is 13.2 Å². The van der Waals surface area contributed by atoms with Gasteiger partial charge in [0.15, 0.2) is 0 Å². The summed E-state index contributed by atoms with van der Waals surface area (Å²) in [5.74, 6) is -0.281. The van der Waals surface area contributed by atoms with Crippen molar-refractivity contribution in [2.24, 2.45) is 0 Å². The Bertz CT molecular complexity index is 878. The molecule has 0 bridgehead atoms. The van der Waals surface area contributed by atoms with Crippen molar-refractivity contribution in [3.63, 3.8) is 0 Å². The van der Waals surface area contributed by atoms with Gasteiger partial charge in [-0.1, -0.05) is 19.1 Å². The van der Waals surface area contributed by atoms with Gasteiger partial charge in [-0.2, -0.15) is 4.31 Å².